The predicted molar refractivity (Wildman–Crippen MR) is 172 cm³/mol. The summed E-state index contributed by atoms with van der Waals surface area (Å²) in [5, 5.41) is 14.2. The Morgan fingerprint density at radius 3 is 2.33 bits per heavy atom. The number of carbonyl (C=O) groups excluding carboxylic acids is 3. The minimum atomic E-state index is -3.46. The van der Waals surface area contributed by atoms with Gasteiger partial charge in [0.1, 0.15) is 12.1 Å². The zero-order valence-electron chi connectivity index (χ0n) is 25.4. The van der Waals surface area contributed by atoms with Crippen molar-refractivity contribution < 1.29 is 27.9 Å². The quantitative estimate of drug-likeness (QED) is 0.246. The Kier molecular flexibility index (Phi) is 9.26. The van der Waals surface area contributed by atoms with Crippen LogP contribution in [0.25, 0.3) is 10.9 Å². The van der Waals surface area contributed by atoms with Gasteiger partial charge in [-0.05, 0) is 29.3 Å². The minimum Gasteiger partial charge on any atom is -0.391 e. The second-order valence-electron chi connectivity index (χ2n) is 11.6. The molecule has 2 heterocycles. The standard InChI is InChI=1S/C33H37N5O6S/c1-36-21-27(26-11-7-8-12-29(26)36)32(41)38-20-25(39)18-30(38)31(40)34-28(33(42)37(2)19-23-9-5-4-6-10-23)17-22-13-15-24(16-14-22)35-45(3,43)44/h4-16,21,25,28,30,35,39H,17-20H2,1-3H3,(H,34,40)/t25-,28+,30+/m1/s1. The number of nitrogens with zero attached hydrogens (tertiary/aromatic N) is 3. The third-order valence-electron chi connectivity index (χ3n) is 7.92. The van der Waals surface area contributed by atoms with Crippen molar-refractivity contribution >= 4 is 44.3 Å². The van der Waals surface area contributed by atoms with Gasteiger partial charge in [0.25, 0.3) is 5.91 Å². The molecule has 1 saturated heterocycles. The molecule has 3 aromatic carbocycles. The van der Waals surface area contributed by atoms with Crippen LogP contribution in [0.2, 0.25) is 0 Å². The van der Waals surface area contributed by atoms with Gasteiger partial charge in [-0.25, -0.2) is 8.42 Å². The fourth-order valence-electron chi connectivity index (χ4n) is 5.78. The van der Waals surface area contributed by atoms with E-state index in [4.69, 9.17) is 0 Å². The van der Waals surface area contributed by atoms with Crippen LogP contribution in [0.5, 0.6) is 0 Å². The largest absolute Gasteiger partial charge is 0.391 e. The van der Waals surface area contributed by atoms with Gasteiger partial charge in [-0.15, -0.1) is 0 Å². The number of aryl methyl sites for hydroxylation is 1. The van der Waals surface area contributed by atoms with E-state index in [2.05, 4.69) is 10.0 Å². The maximum absolute atomic E-state index is 13.8. The number of aromatic nitrogens is 1. The number of carbonyl (C=O) groups is 3. The van der Waals surface area contributed by atoms with Crippen LogP contribution in [0.3, 0.4) is 0 Å². The molecule has 0 unspecified atom stereocenters. The van der Waals surface area contributed by atoms with Gasteiger partial charge < -0.3 is 24.8 Å². The molecule has 236 valence electrons. The zero-order chi connectivity index (χ0) is 32.3. The minimum absolute atomic E-state index is 0.0124. The number of sulfonamides is 1. The van der Waals surface area contributed by atoms with Gasteiger partial charge in [-0.3, -0.25) is 19.1 Å². The number of para-hydroxylation sites is 1. The summed E-state index contributed by atoms with van der Waals surface area (Å²) in [6.45, 7) is 0.304. The summed E-state index contributed by atoms with van der Waals surface area (Å²) in [6.07, 6.45) is 2.04. The Balaban J connectivity index is 1.38. The van der Waals surface area contributed by atoms with Crippen molar-refractivity contribution in [1.29, 1.82) is 0 Å². The van der Waals surface area contributed by atoms with Gasteiger partial charge in [0, 0.05) is 62.8 Å². The van der Waals surface area contributed by atoms with Gasteiger partial charge in [0.05, 0.1) is 17.9 Å². The molecule has 3 atom stereocenters. The molecule has 3 amide bonds. The number of fused-ring (bicyclic) bond motifs is 1. The van der Waals surface area contributed by atoms with E-state index in [1.165, 1.54) is 9.80 Å². The molecule has 0 spiro atoms. The fraction of sp³-hybridized carbons (Fsp3) is 0.303. The SMILES string of the molecule is CN(Cc1ccccc1)C(=O)[C@H](Cc1ccc(NS(C)(=O)=O)cc1)NC(=O)[C@@H]1C[C@@H](O)CN1C(=O)c1cn(C)c2ccccc12. The Morgan fingerprint density at radius 1 is 0.978 bits per heavy atom. The van der Waals surface area contributed by atoms with E-state index in [0.29, 0.717) is 23.4 Å². The van der Waals surface area contributed by atoms with Crippen LogP contribution in [-0.2, 0) is 39.6 Å². The van der Waals surface area contributed by atoms with Crippen molar-refractivity contribution in [2.45, 2.75) is 37.6 Å². The number of hydrogen-bond acceptors (Lipinski definition) is 6. The van der Waals surface area contributed by atoms with Crippen molar-refractivity contribution in [2.24, 2.45) is 7.05 Å². The van der Waals surface area contributed by atoms with Crippen LogP contribution in [0.15, 0.2) is 85.1 Å². The molecule has 0 bridgehead atoms. The summed E-state index contributed by atoms with van der Waals surface area (Å²) in [4.78, 5) is 44.3. The number of anilines is 1. The van der Waals surface area contributed by atoms with E-state index >= 15 is 0 Å². The van der Waals surface area contributed by atoms with Crippen molar-refractivity contribution in [2.75, 3.05) is 24.6 Å². The molecule has 1 fully saturated rings. The molecular formula is C33H37N5O6S. The van der Waals surface area contributed by atoms with Gasteiger partial charge in [-0.2, -0.15) is 0 Å². The molecule has 4 aromatic rings. The lowest BCUT2D eigenvalue weighted by Gasteiger charge is -2.28. The summed E-state index contributed by atoms with van der Waals surface area (Å²) in [7, 11) is 0.0348. The first kappa shape index (κ1) is 31.7. The Bertz CT molecular complexity index is 1810. The Morgan fingerprint density at radius 2 is 1.64 bits per heavy atom. The maximum atomic E-state index is 13.8. The number of aliphatic hydroxyl groups is 1. The van der Waals surface area contributed by atoms with Gasteiger partial charge in [-0.1, -0.05) is 60.7 Å². The highest BCUT2D eigenvalue weighted by Gasteiger charge is 2.41. The topological polar surface area (TPSA) is 141 Å². The number of benzene rings is 3. The van der Waals surface area contributed by atoms with E-state index in [-0.39, 0.29) is 31.2 Å². The number of rotatable bonds is 10. The van der Waals surface area contributed by atoms with Crippen LogP contribution in [0.4, 0.5) is 5.69 Å². The molecule has 0 aliphatic carbocycles. The fourth-order valence-corrected chi connectivity index (χ4v) is 6.35. The zero-order valence-corrected chi connectivity index (χ0v) is 26.2. The first-order valence-corrected chi connectivity index (χ1v) is 16.5. The number of hydrogen-bond donors (Lipinski definition) is 3. The van der Waals surface area contributed by atoms with Crippen LogP contribution >= 0.6 is 0 Å². The predicted octanol–water partition coefficient (Wildman–Crippen LogP) is 2.51. The molecular weight excluding hydrogens is 594 g/mol. The first-order chi connectivity index (χ1) is 21.4. The molecule has 1 aromatic heterocycles. The number of aliphatic hydroxyl groups excluding tert-OH is 1. The third-order valence-corrected chi connectivity index (χ3v) is 8.53. The van der Waals surface area contributed by atoms with Crippen molar-refractivity contribution in [1.82, 2.24) is 19.7 Å². The molecule has 1 aliphatic rings. The molecule has 0 radical (unpaired) electrons. The average Bonchev–Trinajstić information content (AvgIpc) is 3.56. The highest BCUT2D eigenvalue weighted by atomic mass is 32.2. The second-order valence-corrected chi connectivity index (χ2v) is 13.3. The number of likely N-dealkylation sites (N-methyl/N-ethyl adjacent to an activating group) is 1. The van der Waals surface area contributed by atoms with Crippen LogP contribution in [0, 0.1) is 0 Å². The monoisotopic (exact) mass is 631 g/mol. The second kappa shape index (κ2) is 13.1. The van der Waals surface area contributed by atoms with Crippen molar-refractivity contribution in [3.8, 4) is 0 Å². The van der Waals surface area contributed by atoms with E-state index in [9.17, 15) is 27.9 Å². The summed E-state index contributed by atoms with van der Waals surface area (Å²) in [6, 6.07) is 21.5. The highest BCUT2D eigenvalue weighted by Crippen LogP contribution is 2.27. The molecule has 45 heavy (non-hydrogen) atoms. The third kappa shape index (κ3) is 7.52. The normalized spacial score (nSPS) is 17.2. The molecule has 1 aliphatic heterocycles. The van der Waals surface area contributed by atoms with Crippen LogP contribution in [-0.4, -0.2) is 83.6 Å². The molecule has 0 saturated carbocycles. The Labute approximate surface area is 262 Å². The molecule has 5 rings (SSSR count). The summed E-state index contributed by atoms with van der Waals surface area (Å²) < 4.78 is 27.5. The highest BCUT2D eigenvalue weighted by molar-refractivity contribution is 7.92. The van der Waals surface area contributed by atoms with Gasteiger partial charge >= 0.3 is 0 Å². The lowest BCUT2D eigenvalue weighted by molar-refractivity contribution is -0.136. The number of amides is 3. The van der Waals surface area contributed by atoms with E-state index < -0.39 is 34.1 Å². The lowest BCUT2D eigenvalue weighted by Crippen LogP contribution is -2.54. The van der Waals surface area contributed by atoms with E-state index in [1.54, 1.807) is 37.5 Å². The van der Waals surface area contributed by atoms with Crippen molar-refractivity contribution in [3.05, 3.63) is 102 Å². The van der Waals surface area contributed by atoms with Crippen molar-refractivity contribution in [3.63, 3.8) is 0 Å². The maximum Gasteiger partial charge on any atom is 0.256 e. The lowest BCUT2D eigenvalue weighted by atomic mass is 10.0. The molecule has 3 N–H and O–H groups in total. The van der Waals surface area contributed by atoms with Crippen LogP contribution < -0.4 is 10.0 Å². The number of likely N-dealkylation sites (tertiary alicyclic amines) is 1. The summed E-state index contributed by atoms with van der Waals surface area (Å²) >= 11 is 0. The van der Waals surface area contributed by atoms with E-state index in [1.807, 2.05) is 66.2 Å². The van der Waals surface area contributed by atoms with Crippen LogP contribution in [0.1, 0.15) is 27.9 Å². The van der Waals surface area contributed by atoms with Gasteiger partial charge in [0.15, 0.2) is 0 Å². The number of nitrogens with one attached hydrogen (secondary N) is 2. The Hall–Kier alpha value is -4.68. The first-order valence-electron chi connectivity index (χ1n) is 14.6. The summed E-state index contributed by atoms with van der Waals surface area (Å²) in [5.74, 6) is -1.25. The average molecular weight is 632 g/mol. The van der Waals surface area contributed by atoms with Gasteiger partial charge in [0.2, 0.25) is 21.8 Å². The smallest absolute Gasteiger partial charge is 0.256 e. The summed E-state index contributed by atoms with van der Waals surface area (Å²) in [5.41, 5.74) is 3.28. The number of β-amino-alcohol motifs (C(OH)–C–C–N with tert-alkyl or cyclic N) is 1. The van der Waals surface area contributed by atoms with E-state index in [0.717, 1.165) is 22.7 Å². The molecule has 12 heteroatoms. The molecule has 11 nitrogen and oxygen atoms in total.